The first-order chi connectivity index (χ1) is 14.0. The minimum Gasteiger partial charge on any atom is -0.493 e. The van der Waals surface area contributed by atoms with Crippen LogP contribution in [0, 0.1) is 13.8 Å². The van der Waals surface area contributed by atoms with E-state index in [1.807, 2.05) is 61.0 Å². The van der Waals surface area contributed by atoms with Crippen molar-refractivity contribution in [2.75, 3.05) is 25.3 Å². The molecule has 0 saturated heterocycles. The number of nitrogens with zero attached hydrogens (tertiary/aromatic N) is 2. The van der Waals surface area contributed by atoms with Crippen molar-refractivity contribution in [1.82, 2.24) is 9.78 Å². The maximum Gasteiger partial charge on any atom is 0.235 e. The molecule has 0 unspecified atom stereocenters. The van der Waals surface area contributed by atoms with E-state index >= 15 is 0 Å². The lowest BCUT2D eigenvalue weighted by Gasteiger charge is -2.20. The lowest BCUT2D eigenvalue weighted by atomic mass is 10.0. The van der Waals surface area contributed by atoms with Gasteiger partial charge >= 0.3 is 0 Å². The number of rotatable bonds is 4. The predicted octanol–water partition coefficient (Wildman–Crippen LogP) is 4.28. The lowest BCUT2D eigenvalue weighted by Crippen LogP contribution is -2.15. The molecule has 150 valence electrons. The van der Waals surface area contributed by atoms with E-state index in [1.165, 1.54) is 5.56 Å². The van der Waals surface area contributed by atoms with Gasteiger partial charge in [0.15, 0.2) is 11.5 Å². The number of fused-ring (bicyclic) bond motifs is 1. The van der Waals surface area contributed by atoms with Crippen molar-refractivity contribution < 1.29 is 14.3 Å². The zero-order valence-electron chi connectivity index (χ0n) is 16.9. The van der Waals surface area contributed by atoms with Gasteiger partial charge in [-0.25, -0.2) is 4.68 Å². The molecule has 0 bridgehead atoms. The Morgan fingerprint density at radius 1 is 1.10 bits per heavy atom. The van der Waals surface area contributed by atoms with Gasteiger partial charge in [0.25, 0.3) is 0 Å². The van der Waals surface area contributed by atoms with Crippen LogP contribution in [0.4, 0.5) is 5.82 Å². The number of amides is 1. The van der Waals surface area contributed by atoms with E-state index in [2.05, 4.69) is 5.32 Å². The minimum atomic E-state index is -0.117. The molecule has 1 aliphatic heterocycles. The summed E-state index contributed by atoms with van der Waals surface area (Å²) in [7, 11) is 3.26. The number of aryl methyl sites for hydroxylation is 2. The molecule has 1 amide bonds. The van der Waals surface area contributed by atoms with E-state index in [-0.39, 0.29) is 11.2 Å². The molecule has 2 aromatic carbocycles. The molecule has 0 aliphatic carbocycles. The van der Waals surface area contributed by atoms with Crippen LogP contribution in [0.15, 0.2) is 42.5 Å². The third-order valence-corrected chi connectivity index (χ3v) is 6.25. The average Bonchev–Trinajstić information content (AvgIpc) is 2.93. The quantitative estimate of drug-likeness (QED) is 0.697. The van der Waals surface area contributed by atoms with Crippen LogP contribution in [-0.2, 0) is 4.79 Å². The van der Waals surface area contributed by atoms with E-state index in [4.69, 9.17) is 14.6 Å². The van der Waals surface area contributed by atoms with Crippen LogP contribution in [-0.4, -0.2) is 35.7 Å². The SMILES string of the molecule is COc1cccc([C@H]2SCC(=O)Nc3c2c(C)nn3-c2ccc(C)cc2)c1OC. The number of hydrogen-bond acceptors (Lipinski definition) is 5. The molecule has 4 rings (SSSR count). The highest BCUT2D eigenvalue weighted by Crippen LogP contribution is 2.48. The van der Waals surface area contributed by atoms with Crippen molar-refractivity contribution in [3.05, 3.63) is 64.8 Å². The maximum atomic E-state index is 12.5. The fourth-order valence-corrected chi connectivity index (χ4v) is 4.82. The largest absolute Gasteiger partial charge is 0.493 e. The zero-order chi connectivity index (χ0) is 20.5. The average molecular weight is 410 g/mol. The number of aromatic nitrogens is 2. The summed E-state index contributed by atoms with van der Waals surface area (Å²) >= 11 is 1.56. The van der Waals surface area contributed by atoms with Gasteiger partial charge in [-0.3, -0.25) is 4.79 Å². The lowest BCUT2D eigenvalue weighted by molar-refractivity contribution is -0.113. The van der Waals surface area contributed by atoms with Gasteiger partial charge in [0.05, 0.1) is 36.6 Å². The number of para-hydroxylation sites is 1. The number of hydrogen-bond donors (Lipinski definition) is 1. The van der Waals surface area contributed by atoms with Crippen LogP contribution in [0.2, 0.25) is 0 Å². The van der Waals surface area contributed by atoms with E-state index in [1.54, 1.807) is 26.0 Å². The van der Waals surface area contributed by atoms with E-state index in [9.17, 15) is 4.79 Å². The molecule has 0 radical (unpaired) electrons. The molecule has 2 heterocycles. The van der Waals surface area contributed by atoms with Crippen molar-refractivity contribution in [2.45, 2.75) is 19.1 Å². The number of benzene rings is 2. The minimum absolute atomic E-state index is 0.0473. The fourth-order valence-electron chi connectivity index (χ4n) is 3.62. The molecule has 0 fully saturated rings. The summed E-state index contributed by atoms with van der Waals surface area (Å²) in [5.41, 5.74) is 4.88. The van der Waals surface area contributed by atoms with Crippen LogP contribution in [0.3, 0.4) is 0 Å². The first kappa shape index (κ1) is 19.4. The number of ether oxygens (including phenoxy) is 2. The number of carbonyl (C=O) groups excluding carboxylic acids is 1. The molecule has 1 atom stereocenters. The van der Waals surface area contributed by atoms with E-state index in [0.717, 1.165) is 22.5 Å². The van der Waals surface area contributed by atoms with Crippen molar-refractivity contribution in [1.29, 1.82) is 0 Å². The van der Waals surface area contributed by atoms with Gasteiger partial charge in [-0.2, -0.15) is 5.10 Å². The number of nitrogens with one attached hydrogen (secondary N) is 1. The van der Waals surface area contributed by atoms with Gasteiger partial charge in [-0.15, -0.1) is 11.8 Å². The predicted molar refractivity (Wildman–Crippen MR) is 116 cm³/mol. The summed E-state index contributed by atoms with van der Waals surface area (Å²) in [5, 5.41) is 7.70. The van der Waals surface area contributed by atoms with Crippen molar-refractivity contribution >= 4 is 23.5 Å². The smallest absolute Gasteiger partial charge is 0.235 e. The standard InChI is InChI=1S/C22H23N3O3S/c1-13-8-10-15(11-9-13)25-22-19(14(2)24-25)21(29-12-18(26)23-22)16-6-5-7-17(27-3)20(16)28-4/h5-11,21H,12H2,1-4H3,(H,23,26)/t21-/m1/s1. The zero-order valence-corrected chi connectivity index (χ0v) is 17.7. The summed E-state index contributed by atoms with van der Waals surface area (Å²) < 4.78 is 13.0. The van der Waals surface area contributed by atoms with Gasteiger partial charge in [0, 0.05) is 11.1 Å². The maximum absolute atomic E-state index is 12.5. The van der Waals surface area contributed by atoms with Crippen LogP contribution in [0.1, 0.15) is 27.6 Å². The Bertz CT molecular complexity index is 1060. The van der Waals surface area contributed by atoms with Crippen molar-refractivity contribution in [2.24, 2.45) is 0 Å². The number of methoxy groups -OCH3 is 2. The Hall–Kier alpha value is -2.93. The Kier molecular flexibility index (Phi) is 5.24. The number of thioether (sulfide) groups is 1. The van der Waals surface area contributed by atoms with Crippen molar-refractivity contribution in [3.8, 4) is 17.2 Å². The van der Waals surface area contributed by atoms with Gasteiger partial charge < -0.3 is 14.8 Å². The first-order valence-electron chi connectivity index (χ1n) is 9.32. The van der Waals surface area contributed by atoms with E-state index < -0.39 is 0 Å². The number of anilines is 1. The van der Waals surface area contributed by atoms with Crippen LogP contribution in [0.25, 0.3) is 5.69 Å². The van der Waals surface area contributed by atoms with Crippen LogP contribution in [0.5, 0.6) is 11.5 Å². The second kappa shape index (κ2) is 7.83. The van der Waals surface area contributed by atoms with E-state index in [0.29, 0.717) is 23.1 Å². The first-order valence-corrected chi connectivity index (χ1v) is 10.4. The van der Waals surface area contributed by atoms with Gasteiger partial charge in [-0.05, 0) is 32.0 Å². The molecule has 29 heavy (non-hydrogen) atoms. The van der Waals surface area contributed by atoms with Crippen LogP contribution < -0.4 is 14.8 Å². The summed E-state index contributed by atoms with van der Waals surface area (Å²) in [4.78, 5) is 12.5. The Labute approximate surface area is 174 Å². The molecular formula is C22H23N3O3S. The normalized spacial score (nSPS) is 16.0. The summed E-state index contributed by atoms with van der Waals surface area (Å²) in [5.74, 6) is 2.34. The Morgan fingerprint density at radius 3 is 2.55 bits per heavy atom. The van der Waals surface area contributed by atoms with Gasteiger partial charge in [0.2, 0.25) is 5.91 Å². The highest BCUT2D eigenvalue weighted by Gasteiger charge is 2.32. The topological polar surface area (TPSA) is 65.4 Å². The van der Waals surface area contributed by atoms with Crippen molar-refractivity contribution in [3.63, 3.8) is 0 Å². The third kappa shape index (κ3) is 3.46. The highest BCUT2D eigenvalue weighted by atomic mass is 32.2. The van der Waals surface area contributed by atoms with Gasteiger partial charge in [0.1, 0.15) is 5.82 Å². The third-order valence-electron chi connectivity index (χ3n) is 5.00. The second-order valence-corrected chi connectivity index (χ2v) is 8.01. The molecule has 0 spiro atoms. The molecule has 1 N–H and O–H groups in total. The molecule has 7 heteroatoms. The number of carbonyl (C=O) groups is 1. The van der Waals surface area contributed by atoms with Crippen LogP contribution >= 0.6 is 11.8 Å². The fraction of sp³-hybridized carbons (Fsp3) is 0.273. The second-order valence-electron chi connectivity index (χ2n) is 6.92. The molecule has 3 aromatic rings. The highest BCUT2D eigenvalue weighted by molar-refractivity contribution is 8.00. The van der Waals surface area contributed by atoms with Gasteiger partial charge in [-0.1, -0.05) is 29.8 Å². The summed E-state index contributed by atoms with van der Waals surface area (Å²) in [6, 6.07) is 13.9. The molecular weight excluding hydrogens is 386 g/mol. The molecule has 0 saturated carbocycles. The molecule has 1 aliphatic rings. The summed E-state index contributed by atoms with van der Waals surface area (Å²) in [6.07, 6.45) is 0. The summed E-state index contributed by atoms with van der Waals surface area (Å²) in [6.45, 7) is 4.02. The Morgan fingerprint density at radius 2 is 1.86 bits per heavy atom. The Balaban J connectivity index is 1.91. The molecule has 6 nitrogen and oxygen atoms in total. The molecule has 1 aromatic heterocycles. The monoisotopic (exact) mass is 409 g/mol.